The smallest absolute Gasteiger partial charge is 0.347 e. The van der Waals surface area contributed by atoms with Gasteiger partial charge in [0, 0.05) is 16.9 Å². The minimum absolute atomic E-state index is 0.238. The summed E-state index contributed by atoms with van der Waals surface area (Å²) in [6.45, 7) is 1.56. The lowest BCUT2D eigenvalue weighted by Crippen LogP contribution is -2.00. The molecule has 1 aromatic rings. The Morgan fingerprint density at radius 2 is 2.00 bits per heavy atom. The predicted molar refractivity (Wildman–Crippen MR) is 53.0 cm³/mol. The van der Waals surface area contributed by atoms with E-state index < -0.39 is 19.0 Å². The molecular weight excluding hydrogens is 250 g/mol. The average Bonchev–Trinajstić information content (AvgIpc) is 2.29. The van der Waals surface area contributed by atoms with Crippen LogP contribution >= 0.6 is 10.7 Å². The van der Waals surface area contributed by atoms with E-state index in [2.05, 4.69) is 3.77 Å². The zero-order valence-corrected chi connectivity index (χ0v) is 9.82. The molecule has 1 aromatic heterocycles. The third-order valence-corrected chi connectivity index (χ3v) is 5.05. The van der Waals surface area contributed by atoms with Crippen LogP contribution in [0.5, 0.6) is 0 Å². The summed E-state index contributed by atoms with van der Waals surface area (Å²) in [6, 6.07) is 1.41. The van der Waals surface area contributed by atoms with E-state index >= 15 is 0 Å². The Labute approximate surface area is 86.8 Å². The maximum absolute atomic E-state index is 11.8. The molecule has 1 atom stereocenters. The third-order valence-electron chi connectivity index (χ3n) is 1.45. The number of rotatable bonds is 2. The van der Waals surface area contributed by atoms with Crippen molar-refractivity contribution in [1.29, 1.82) is 0 Å². The highest BCUT2D eigenvalue weighted by atomic mass is 35.7. The molecule has 0 bridgehead atoms. The molecule has 1 heterocycles. The highest BCUT2D eigenvalue weighted by molar-refractivity contribution is 8.17. The molecule has 0 aliphatic heterocycles. The van der Waals surface area contributed by atoms with Crippen molar-refractivity contribution in [3.63, 3.8) is 0 Å². The zero-order valence-electron chi connectivity index (χ0n) is 7.43. The Morgan fingerprint density at radius 3 is 2.36 bits per heavy atom. The highest BCUT2D eigenvalue weighted by Crippen LogP contribution is 2.19. The third kappa shape index (κ3) is 2.73. The molecule has 0 amide bonds. The van der Waals surface area contributed by atoms with Gasteiger partial charge in [-0.1, -0.05) is 3.77 Å². The molecule has 0 saturated heterocycles. The van der Waals surface area contributed by atoms with Gasteiger partial charge in [0.05, 0.1) is 20.9 Å². The van der Waals surface area contributed by atoms with Gasteiger partial charge in [0.2, 0.25) is 0 Å². The molecule has 0 aromatic carbocycles. The Balaban J connectivity index is 3.44. The van der Waals surface area contributed by atoms with Crippen molar-refractivity contribution < 1.29 is 17.0 Å². The quantitative estimate of drug-likeness (QED) is 0.753. The Kier molecular flexibility index (Phi) is 2.93. The first-order chi connectivity index (χ1) is 6.22. The highest BCUT2D eigenvalue weighted by Gasteiger charge is 2.15. The topological polar surface area (TPSA) is 76.7 Å². The number of nitrogens with zero attached hydrogens (tertiary/aromatic N) is 1. The van der Waals surface area contributed by atoms with Gasteiger partial charge in [-0.25, -0.2) is 4.21 Å². The van der Waals surface area contributed by atoms with Crippen LogP contribution in [-0.2, 0) is 19.0 Å². The molecule has 0 N–H and O–H groups in total. The van der Waals surface area contributed by atoms with Gasteiger partial charge < -0.3 is 4.42 Å². The largest absolute Gasteiger partial charge is 0.468 e. The van der Waals surface area contributed by atoms with Gasteiger partial charge in [0.15, 0.2) is 0 Å². The van der Waals surface area contributed by atoms with Gasteiger partial charge in [-0.15, -0.1) is 0 Å². The summed E-state index contributed by atoms with van der Waals surface area (Å²) in [5.41, 5.74) is 0. The summed E-state index contributed by atoms with van der Waals surface area (Å²) in [6.07, 6.45) is 2.50. The van der Waals surface area contributed by atoms with Crippen molar-refractivity contribution in [1.82, 2.24) is 0 Å². The molecule has 1 unspecified atom stereocenters. The van der Waals surface area contributed by atoms with E-state index in [0.717, 1.165) is 0 Å². The Morgan fingerprint density at radius 1 is 1.43 bits per heavy atom. The van der Waals surface area contributed by atoms with E-state index in [1.165, 1.54) is 18.6 Å². The molecule has 14 heavy (non-hydrogen) atoms. The Bertz CT molecular complexity index is 550. The van der Waals surface area contributed by atoms with Gasteiger partial charge in [-0.05, 0) is 13.0 Å². The van der Waals surface area contributed by atoms with Crippen LogP contribution in [0, 0.1) is 6.92 Å². The molecule has 0 aliphatic rings. The van der Waals surface area contributed by atoms with E-state index in [1.807, 2.05) is 0 Å². The van der Waals surface area contributed by atoms with Crippen LogP contribution < -0.4 is 0 Å². The fourth-order valence-electron chi connectivity index (χ4n) is 0.976. The second-order valence-corrected chi connectivity index (χ2v) is 7.27. The number of aryl methyl sites for hydroxylation is 1. The molecule has 0 spiro atoms. The van der Waals surface area contributed by atoms with Crippen molar-refractivity contribution in [3.8, 4) is 0 Å². The van der Waals surface area contributed by atoms with E-state index in [4.69, 9.17) is 15.1 Å². The molecule has 0 radical (unpaired) electrons. The number of hydrogen-bond donors (Lipinski definition) is 0. The molecular formula is C6H8ClNO4S2. The minimum atomic E-state index is -4.14. The predicted octanol–water partition coefficient (Wildman–Crippen LogP) is 1.53. The lowest BCUT2D eigenvalue weighted by atomic mass is 10.5. The fraction of sp³-hybridized carbons (Fsp3) is 0.333. The summed E-state index contributed by atoms with van der Waals surface area (Å²) in [7, 11) is -2.31. The minimum Gasteiger partial charge on any atom is -0.468 e. The second kappa shape index (κ2) is 3.56. The van der Waals surface area contributed by atoms with Crippen molar-refractivity contribution >= 4 is 29.6 Å². The lowest BCUT2D eigenvalue weighted by molar-refractivity contribution is 0.525. The number of furan rings is 1. The molecule has 1 rings (SSSR count). The summed E-state index contributed by atoms with van der Waals surface area (Å²) in [5.74, 6) is 0.363. The molecule has 8 heteroatoms. The monoisotopic (exact) mass is 257 g/mol. The van der Waals surface area contributed by atoms with E-state index in [0.29, 0.717) is 5.76 Å². The first-order valence-electron chi connectivity index (χ1n) is 3.44. The van der Waals surface area contributed by atoms with E-state index in [-0.39, 0.29) is 4.90 Å². The first kappa shape index (κ1) is 11.5. The molecule has 0 fully saturated rings. The van der Waals surface area contributed by atoms with Gasteiger partial charge >= 0.3 is 9.24 Å². The molecule has 0 saturated carbocycles. The van der Waals surface area contributed by atoms with E-state index in [1.54, 1.807) is 6.92 Å². The van der Waals surface area contributed by atoms with Crippen LogP contribution in [-0.4, -0.2) is 18.9 Å². The van der Waals surface area contributed by atoms with Gasteiger partial charge in [0.25, 0.3) is 0 Å². The summed E-state index contributed by atoms with van der Waals surface area (Å²) in [4.78, 5) is 0.238. The van der Waals surface area contributed by atoms with Crippen molar-refractivity contribution in [2.24, 2.45) is 3.77 Å². The van der Waals surface area contributed by atoms with Crippen LogP contribution in [0.25, 0.3) is 0 Å². The van der Waals surface area contributed by atoms with Gasteiger partial charge in [-0.2, -0.15) is 8.42 Å². The van der Waals surface area contributed by atoms with Crippen LogP contribution in [0.2, 0.25) is 0 Å². The van der Waals surface area contributed by atoms with Crippen molar-refractivity contribution in [2.75, 3.05) is 6.26 Å². The molecule has 5 nitrogen and oxygen atoms in total. The van der Waals surface area contributed by atoms with Crippen LogP contribution in [0.3, 0.4) is 0 Å². The van der Waals surface area contributed by atoms with Crippen LogP contribution in [0.15, 0.2) is 25.4 Å². The standard InChI is InChI=1S/C6H8ClNO4S2/c1-5-6(3-4-12-5)13(2,9)8-14(7,10)11/h3-4H,1-2H3. The normalized spacial score (nSPS) is 16.2. The maximum atomic E-state index is 11.8. The fourth-order valence-corrected chi connectivity index (χ4v) is 4.51. The average molecular weight is 258 g/mol. The second-order valence-electron chi connectivity index (χ2n) is 2.63. The SMILES string of the molecule is Cc1occc1S(C)(=O)=NS(=O)(=O)Cl. The zero-order chi connectivity index (χ0) is 11.0. The van der Waals surface area contributed by atoms with Crippen LogP contribution in [0.4, 0.5) is 0 Å². The molecule has 80 valence electrons. The maximum Gasteiger partial charge on any atom is 0.347 e. The van der Waals surface area contributed by atoms with Crippen LogP contribution in [0.1, 0.15) is 5.76 Å². The summed E-state index contributed by atoms with van der Waals surface area (Å²) >= 11 is 0. The number of halogens is 1. The summed E-state index contributed by atoms with van der Waals surface area (Å²) in [5, 5.41) is 0. The van der Waals surface area contributed by atoms with Gasteiger partial charge in [-0.3, -0.25) is 0 Å². The number of hydrogen-bond acceptors (Lipinski definition) is 4. The van der Waals surface area contributed by atoms with Crippen molar-refractivity contribution in [2.45, 2.75) is 11.8 Å². The summed E-state index contributed by atoms with van der Waals surface area (Å²) < 4.78 is 41.0. The van der Waals surface area contributed by atoms with Gasteiger partial charge in [0.1, 0.15) is 5.76 Å². The lowest BCUT2D eigenvalue weighted by Gasteiger charge is -1.99. The first-order valence-corrected chi connectivity index (χ1v) is 7.63. The van der Waals surface area contributed by atoms with E-state index in [9.17, 15) is 12.6 Å². The van der Waals surface area contributed by atoms with Crippen molar-refractivity contribution in [3.05, 3.63) is 18.1 Å². The Hall–Kier alpha value is -0.530. The molecule has 0 aliphatic carbocycles.